The van der Waals surface area contributed by atoms with Crippen LogP contribution in [0.5, 0.6) is 0 Å². The molecule has 0 aliphatic rings. The maximum atomic E-state index is 13.9. The van der Waals surface area contributed by atoms with Crippen LogP contribution in [0.1, 0.15) is 16.8 Å². The Bertz CT molecular complexity index is 723. The van der Waals surface area contributed by atoms with Crippen molar-refractivity contribution in [3.8, 4) is 0 Å². The highest BCUT2D eigenvalue weighted by atomic mass is 35.5. The molecule has 102 valence electrons. The van der Waals surface area contributed by atoms with Crippen LogP contribution in [-0.2, 0) is 6.42 Å². The zero-order valence-corrected chi connectivity index (χ0v) is 11.8. The van der Waals surface area contributed by atoms with E-state index < -0.39 is 11.2 Å². The third-order valence-electron chi connectivity index (χ3n) is 3.01. The van der Waals surface area contributed by atoms with Crippen molar-refractivity contribution in [1.29, 1.82) is 0 Å². The SMILES string of the molecule is Fc1c(Cl)cccc1C(Cl)Cc1nc2ccccc2o1. The van der Waals surface area contributed by atoms with E-state index >= 15 is 0 Å². The number of fused-ring (bicyclic) bond motifs is 1. The Balaban J connectivity index is 1.88. The summed E-state index contributed by atoms with van der Waals surface area (Å²) in [6.45, 7) is 0. The van der Waals surface area contributed by atoms with Gasteiger partial charge in [0.1, 0.15) is 11.3 Å². The molecule has 0 radical (unpaired) electrons. The second-order valence-corrected chi connectivity index (χ2v) is 5.32. The van der Waals surface area contributed by atoms with Gasteiger partial charge in [0, 0.05) is 12.0 Å². The van der Waals surface area contributed by atoms with Gasteiger partial charge in [-0.25, -0.2) is 9.37 Å². The van der Waals surface area contributed by atoms with Crippen molar-refractivity contribution in [1.82, 2.24) is 4.98 Å². The van der Waals surface area contributed by atoms with Crippen molar-refractivity contribution < 1.29 is 8.81 Å². The zero-order chi connectivity index (χ0) is 14.1. The van der Waals surface area contributed by atoms with Crippen molar-refractivity contribution in [3.05, 3.63) is 64.8 Å². The average Bonchev–Trinajstić information content (AvgIpc) is 2.83. The number of nitrogens with zero attached hydrogens (tertiary/aromatic N) is 1. The van der Waals surface area contributed by atoms with Gasteiger partial charge in [-0.15, -0.1) is 11.6 Å². The van der Waals surface area contributed by atoms with E-state index in [0.29, 0.717) is 23.5 Å². The number of halogens is 3. The summed E-state index contributed by atoms with van der Waals surface area (Å²) >= 11 is 12.0. The fourth-order valence-electron chi connectivity index (χ4n) is 2.03. The fraction of sp³-hybridized carbons (Fsp3) is 0.133. The van der Waals surface area contributed by atoms with E-state index in [9.17, 15) is 4.39 Å². The van der Waals surface area contributed by atoms with E-state index in [2.05, 4.69) is 4.98 Å². The number of para-hydroxylation sites is 2. The van der Waals surface area contributed by atoms with Crippen molar-refractivity contribution in [2.45, 2.75) is 11.8 Å². The second-order valence-electron chi connectivity index (χ2n) is 4.39. The highest BCUT2D eigenvalue weighted by Crippen LogP contribution is 2.30. The number of rotatable bonds is 3. The predicted octanol–water partition coefficient (Wildman–Crippen LogP) is 5.14. The summed E-state index contributed by atoms with van der Waals surface area (Å²) in [5, 5.41) is -0.521. The topological polar surface area (TPSA) is 26.0 Å². The van der Waals surface area contributed by atoms with E-state index in [1.54, 1.807) is 12.1 Å². The summed E-state index contributed by atoms with van der Waals surface area (Å²) in [6, 6.07) is 12.2. The molecule has 0 fully saturated rings. The van der Waals surface area contributed by atoms with Crippen LogP contribution in [0, 0.1) is 5.82 Å². The molecule has 0 N–H and O–H groups in total. The number of alkyl halides is 1. The lowest BCUT2D eigenvalue weighted by molar-refractivity contribution is 0.519. The van der Waals surface area contributed by atoms with Crippen LogP contribution in [0.3, 0.4) is 0 Å². The van der Waals surface area contributed by atoms with E-state index in [1.165, 1.54) is 6.07 Å². The Labute approximate surface area is 125 Å². The van der Waals surface area contributed by atoms with Crippen LogP contribution >= 0.6 is 23.2 Å². The minimum atomic E-state index is -0.582. The minimum absolute atomic E-state index is 0.0608. The van der Waals surface area contributed by atoms with Crippen molar-refractivity contribution in [3.63, 3.8) is 0 Å². The Kier molecular flexibility index (Phi) is 3.64. The van der Waals surface area contributed by atoms with E-state index in [0.717, 1.165) is 5.52 Å². The first kappa shape index (κ1) is 13.4. The van der Waals surface area contributed by atoms with Gasteiger partial charge in [0.2, 0.25) is 0 Å². The third-order valence-corrected chi connectivity index (χ3v) is 3.69. The number of hydrogen-bond acceptors (Lipinski definition) is 2. The third kappa shape index (κ3) is 2.51. The molecule has 0 saturated carbocycles. The van der Waals surface area contributed by atoms with E-state index in [4.69, 9.17) is 27.6 Å². The molecule has 20 heavy (non-hydrogen) atoms. The van der Waals surface area contributed by atoms with Gasteiger partial charge in [0.15, 0.2) is 11.5 Å². The number of aromatic nitrogens is 1. The van der Waals surface area contributed by atoms with Gasteiger partial charge in [0.25, 0.3) is 0 Å². The van der Waals surface area contributed by atoms with Gasteiger partial charge >= 0.3 is 0 Å². The molecule has 0 amide bonds. The van der Waals surface area contributed by atoms with Crippen LogP contribution in [-0.4, -0.2) is 4.98 Å². The summed E-state index contributed by atoms with van der Waals surface area (Å²) in [5.41, 5.74) is 1.80. The molecule has 1 aromatic heterocycles. The molecule has 0 saturated heterocycles. The molecule has 1 heterocycles. The lowest BCUT2D eigenvalue weighted by Gasteiger charge is -2.09. The number of oxazole rings is 1. The first-order valence-electron chi connectivity index (χ1n) is 6.07. The number of hydrogen-bond donors (Lipinski definition) is 0. The molecule has 3 aromatic rings. The quantitative estimate of drug-likeness (QED) is 0.626. The molecule has 0 spiro atoms. The minimum Gasteiger partial charge on any atom is -0.441 e. The summed E-state index contributed by atoms with van der Waals surface area (Å²) < 4.78 is 19.5. The molecule has 3 rings (SSSR count). The molecule has 1 atom stereocenters. The smallest absolute Gasteiger partial charge is 0.197 e. The fourth-order valence-corrected chi connectivity index (χ4v) is 2.52. The van der Waals surface area contributed by atoms with Gasteiger partial charge in [-0.05, 0) is 18.2 Å². The van der Waals surface area contributed by atoms with Crippen LogP contribution in [0.4, 0.5) is 4.39 Å². The first-order valence-corrected chi connectivity index (χ1v) is 6.89. The Morgan fingerprint density at radius 3 is 2.75 bits per heavy atom. The zero-order valence-electron chi connectivity index (χ0n) is 10.3. The van der Waals surface area contributed by atoms with Crippen LogP contribution in [0.2, 0.25) is 5.02 Å². The van der Waals surface area contributed by atoms with Gasteiger partial charge < -0.3 is 4.42 Å². The highest BCUT2D eigenvalue weighted by molar-refractivity contribution is 6.31. The standard InChI is InChI=1S/C15H10Cl2FNO/c16-10-5-3-4-9(15(10)18)11(17)8-14-19-12-6-1-2-7-13(12)20-14/h1-7,11H,8H2. The highest BCUT2D eigenvalue weighted by Gasteiger charge is 2.18. The molecule has 2 aromatic carbocycles. The molecule has 1 unspecified atom stereocenters. The van der Waals surface area contributed by atoms with Crippen molar-refractivity contribution in [2.24, 2.45) is 0 Å². The van der Waals surface area contributed by atoms with Gasteiger partial charge in [0.05, 0.1) is 10.4 Å². The van der Waals surface area contributed by atoms with Crippen molar-refractivity contribution in [2.75, 3.05) is 0 Å². The van der Waals surface area contributed by atoms with Gasteiger partial charge in [-0.2, -0.15) is 0 Å². The monoisotopic (exact) mass is 309 g/mol. The molecular formula is C15H10Cl2FNO. The Hall–Kier alpha value is -1.58. The Morgan fingerprint density at radius 1 is 1.15 bits per heavy atom. The largest absolute Gasteiger partial charge is 0.441 e. The first-order chi connectivity index (χ1) is 9.65. The molecule has 0 bridgehead atoms. The summed E-state index contributed by atoms with van der Waals surface area (Å²) in [4.78, 5) is 4.32. The van der Waals surface area contributed by atoms with Gasteiger partial charge in [-0.3, -0.25) is 0 Å². The molecule has 0 aliphatic heterocycles. The Morgan fingerprint density at radius 2 is 1.95 bits per heavy atom. The lowest BCUT2D eigenvalue weighted by Crippen LogP contribution is -1.99. The molecule has 5 heteroatoms. The van der Waals surface area contributed by atoms with Gasteiger partial charge in [-0.1, -0.05) is 35.9 Å². The molecule has 0 aliphatic carbocycles. The van der Waals surface area contributed by atoms with Crippen LogP contribution < -0.4 is 0 Å². The summed E-state index contributed by atoms with van der Waals surface area (Å²) in [5.74, 6) is -0.0177. The second kappa shape index (κ2) is 5.43. The maximum Gasteiger partial charge on any atom is 0.197 e. The van der Waals surface area contributed by atoms with E-state index in [-0.39, 0.29) is 5.02 Å². The summed E-state index contributed by atoms with van der Waals surface area (Å²) in [7, 11) is 0. The average molecular weight is 310 g/mol. The molecule has 2 nitrogen and oxygen atoms in total. The molecular weight excluding hydrogens is 300 g/mol. The van der Waals surface area contributed by atoms with Crippen LogP contribution in [0.25, 0.3) is 11.1 Å². The lowest BCUT2D eigenvalue weighted by atomic mass is 10.1. The predicted molar refractivity (Wildman–Crippen MR) is 77.7 cm³/mol. The summed E-state index contributed by atoms with van der Waals surface area (Å²) in [6.07, 6.45) is 0.299. The normalized spacial score (nSPS) is 12.8. The van der Waals surface area contributed by atoms with Crippen molar-refractivity contribution >= 4 is 34.3 Å². The van der Waals surface area contributed by atoms with Crippen LogP contribution in [0.15, 0.2) is 46.9 Å². The maximum absolute atomic E-state index is 13.9. The van der Waals surface area contributed by atoms with E-state index in [1.807, 2.05) is 24.3 Å². The number of benzene rings is 2.